The van der Waals surface area contributed by atoms with E-state index >= 15 is 0 Å². The molecule has 0 aliphatic heterocycles. The number of carbonyl (C=O) groups excluding carboxylic acids is 1. The normalized spacial score (nSPS) is 10.5. The van der Waals surface area contributed by atoms with Gasteiger partial charge in [0.2, 0.25) is 0 Å². The first-order valence-electron chi connectivity index (χ1n) is 6.64. The highest BCUT2D eigenvalue weighted by Crippen LogP contribution is 2.28. The summed E-state index contributed by atoms with van der Waals surface area (Å²) in [7, 11) is 1.64. The van der Waals surface area contributed by atoms with Crippen LogP contribution in [-0.2, 0) is 0 Å². The van der Waals surface area contributed by atoms with E-state index in [9.17, 15) is 9.18 Å². The van der Waals surface area contributed by atoms with Crippen molar-refractivity contribution in [2.75, 3.05) is 11.9 Å². The first kappa shape index (κ1) is 13.9. The van der Waals surface area contributed by atoms with Crippen LogP contribution in [0, 0.1) is 5.82 Å². The zero-order valence-electron chi connectivity index (χ0n) is 11.8. The van der Waals surface area contributed by atoms with Gasteiger partial charge in [0.1, 0.15) is 11.6 Å². The minimum absolute atomic E-state index is 0.250. The van der Waals surface area contributed by atoms with Crippen LogP contribution in [-0.4, -0.2) is 28.1 Å². The van der Waals surface area contributed by atoms with Crippen molar-refractivity contribution >= 4 is 11.7 Å². The first-order chi connectivity index (χ1) is 10.7. The lowest BCUT2D eigenvalue weighted by molar-refractivity contribution is 0.0992. The van der Waals surface area contributed by atoms with Gasteiger partial charge in [-0.15, -0.1) is 0 Å². The summed E-state index contributed by atoms with van der Waals surface area (Å²) in [5, 5.41) is 6.84. The number of amides is 1. The van der Waals surface area contributed by atoms with Gasteiger partial charge in [0.25, 0.3) is 5.91 Å². The summed E-state index contributed by atoms with van der Waals surface area (Å²) in [6.07, 6.45) is 5.00. The van der Waals surface area contributed by atoms with E-state index in [0.29, 0.717) is 11.4 Å². The minimum Gasteiger partial charge on any atom is -0.296 e. The molecule has 0 unspecified atom stereocenters. The number of rotatable bonds is 3. The smallest absolute Gasteiger partial charge is 0.259 e. The molecule has 3 aromatic rings. The molecule has 1 amide bonds. The molecule has 1 N–H and O–H groups in total. The van der Waals surface area contributed by atoms with Crippen LogP contribution in [0.15, 0.2) is 55.0 Å². The highest BCUT2D eigenvalue weighted by atomic mass is 19.1. The molecule has 0 spiro atoms. The van der Waals surface area contributed by atoms with Gasteiger partial charge in [-0.2, -0.15) is 5.10 Å². The van der Waals surface area contributed by atoms with Gasteiger partial charge in [-0.1, -0.05) is 0 Å². The van der Waals surface area contributed by atoms with Crippen LogP contribution < -0.4 is 4.90 Å². The number of carbonyl (C=O) groups is 1. The number of anilines is 1. The lowest BCUT2D eigenvalue weighted by Gasteiger charge is -2.17. The van der Waals surface area contributed by atoms with Gasteiger partial charge >= 0.3 is 0 Å². The molecule has 0 fully saturated rings. The molecule has 0 atom stereocenters. The van der Waals surface area contributed by atoms with Gasteiger partial charge in [-0.25, -0.2) is 4.39 Å². The number of aromatic amines is 1. The Labute approximate surface area is 126 Å². The van der Waals surface area contributed by atoms with Crippen molar-refractivity contribution in [1.29, 1.82) is 0 Å². The standard InChI is InChI=1S/C16H13FN4O/c1-21(16(22)12-2-4-13(17)5-3-12)15-14(10-19-20-15)11-6-8-18-9-7-11/h2-10H,1H3,(H,19,20). The summed E-state index contributed by atoms with van der Waals surface area (Å²) in [6.45, 7) is 0. The molecule has 0 radical (unpaired) electrons. The van der Waals surface area contributed by atoms with E-state index in [4.69, 9.17) is 0 Å². The van der Waals surface area contributed by atoms with E-state index in [1.165, 1.54) is 29.2 Å². The number of halogens is 1. The predicted molar refractivity (Wildman–Crippen MR) is 81.0 cm³/mol. The summed E-state index contributed by atoms with van der Waals surface area (Å²) in [5.41, 5.74) is 2.09. The third-order valence-corrected chi connectivity index (χ3v) is 3.34. The fraction of sp³-hybridized carbons (Fsp3) is 0.0625. The summed E-state index contributed by atoms with van der Waals surface area (Å²) >= 11 is 0. The van der Waals surface area contributed by atoms with Gasteiger partial charge < -0.3 is 0 Å². The Kier molecular flexibility index (Phi) is 3.65. The van der Waals surface area contributed by atoms with Crippen molar-refractivity contribution in [1.82, 2.24) is 15.2 Å². The van der Waals surface area contributed by atoms with Crippen LogP contribution in [0.1, 0.15) is 10.4 Å². The molecule has 0 bridgehead atoms. The zero-order valence-corrected chi connectivity index (χ0v) is 11.8. The molecular formula is C16H13FN4O. The van der Waals surface area contributed by atoms with E-state index in [1.54, 1.807) is 25.6 Å². The van der Waals surface area contributed by atoms with Gasteiger partial charge in [-0.05, 0) is 42.0 Å². The molecule has 2 aromatic heterocycles. The molecule has 22 heavy (non-hydrogen) atoms. The summed E-state index contributed by atoms with van der Waals surface area (Å²) < 4.78 is 13.0. The highest BCUT2D eigenvalue weighted by Gasteiger charge is 2.19. The second-order valence-corrected chi connectivity index (χ2v) is 4.74. The SMILES string of the molecule is CN(C(=O)c1ccc(F)cc1)c1[nH]ncc1-c1ccncc1. The Hall–Kier alpha value is -3.02. The Balaban J connectivity index is 1.93. The Morgan fingerprint density at radius 1 is 1.14 bits per heavy atom. The average molecular weight is 296 g/mol. The van der Waals surface area contributed by atoms with Crippen molar-refractivity contribution in [3.05, 3.63) is 66.4 Å². The van der Waals surface area contributed by atoms with Crippen molar-refractivity contribution in [3.8, 4) is 11.1 Å². The number of aromatic nitrogens is 3. The molecule has 2 heterocycles. The number of H-pyrrole nitrogens is 1. The molecule has 0 saturated heterocycles. The molecule has 0 aliphatic rings. The quantitative estimate of drug-likeness (QED) is 0.808. The summed E-state index contributed by atoms with van der Waals surface area (Å²) in [4.78, 5) is 17.9. The van der Waals surface area contributed by atoms with Crippen molar-refractivity contribution in [3.63, 3.8) is 0 Å². The van der Waals surface area contributed by atoms with Gasteiger partial charge in [0.05, 0.1) is 6.20 Å². The highest BCUT2D eigenvalue weighted by molar-refractivity contribution is 6.06. The number of benzene rings is 1. The third kappa shape index (κ3) is 2.58. The van der Waals surface area contributed by atoms with E-state index in [0.717, 1.165) is 11.1 Å². The van der Waals surface area contributed by atoms with Gasteiger partial charge in [0, 0.05) is 30.6 Å². The van der Waals surface area contributed by atoms with Crippen molar-refractivity contribution in [2.45, 2.75) is 0 Å². The van der Waals surface area contributed by atoms with Gasteiger partial charge in [-0.3, -0.25) is 19.8 Å². The number of nitrogens with zero attached hydrogens (tertiary/aromatic N) is 3. The first-order valence-corrected chi connectivity index (χ1v) is 6.64. The lowest BCUT2D eigenvalue weighted by Crippen LogP contribution is -2.27. The maximum absolute atomic E-state index is 13.0. The van der Waals surface area contributed by atoms with Crippen LogP contribution in [0.3, 0.4) is 0 Å². The van der Waals surface area contributed by atoms with Crippen LogP contribution in [0.2, 0.25) is 0 Å². The summed E-state index contributed by atoms with van der Waals surface area (Å²) in [5.74, 6) is -0.0571. The van der Waals surface area contributed by atoms with E-state index in [1.807, 2.05) is 12.1 Å². The second kappa shape index (κ2) is 5.77. The lowest BCUT2D eigenvalue weighted by atomic mass is 10.1. The maximum Gasteiger partial charge on any atom is 0.259 e. The minimum atomic E-state index is -0.377. The van der Waals surface area contributed by atoms with Gasteiger partial charge in [0.15, 0.2) is 0 Å². The fourth-order valence-electron chi connectivity index (χ4n) is 2.17. The Morgan fingerprint density at radius 2 is 1.82 bits per heavy atom. The monoisotopic (exact) mass is 296 g/mol. The predicted octanol–water partition coefficient (Wildman–Crippen LogP) is 2.89. The number of nitrogens with one attached hydrogen (secondary N) is 1. The largest absolute Gasteiger partial charge is 0.296 e. The second-order valence-electron chi connectivity index (χ2n) is 4.74. The maximum atomic E-state index is 13.0. The molecule has 0 aliphatic carbocycles. The van der Waals surface area contributed by atoms with E-state index in [2.05, 4.69) is 15.2 Å². The Morgan fingerprint density at radius 3 is 2.50 bits per heavy atom. The molecule has 0 saturated carbocycles. The van der Waals surface area contributed by atoms with Crippen molar-refractivity contribution < 1.29 is 9.18 Å². The van der Waals surface area contributed by atoms with Crippen LogP contribution in [0.5, 0.6) is 0 Å². The van der Waals surface area contributed by atoms with Crippen LogP contribution in [0.4, 0.5) is 10.2 Å². The molecule has 110 valence electrons. The molecule has 5 nitrogen and oxygen atoms in total. The van der Waals surface area contributed by atoms with Crippen molar-refractivity contribution in [2.24, 2.45) is 0 Å². The molecule has 6 heteroatoms. The number of hydrogen-bond acceptors (Lipinski definition) is 3. The zero-order chi connectivity index (χ0) is 15.5. The third-order valence-electron chi connectivity index (χ3n) is 3.34. The van der Waals surface area contributed by atoms with Crippen LogP contribution in [0.25, 0.3) is 11.1 Å². The molecule has 1 aromatic carbocycles. The average Bonchev–Trinajstić information content (AvgIpc) is 3.04. The number of pyridine rings is 1. The van der Waals surface area contributed by atoms with E-state index in [-0.39, 0.29) is 11.7 Å². The Bertz CT molecular complexity index is 783. The molecule has 3 rings (SSSR count). The number of hydrogen-bond donors (Lipinski definition) is 1. The molecular weight excluding hydrogens is 283 g/mol. The van der Waals surface area contributed by atoms with E-state index < -0.39 is 0 Å². The topological polar surface area (TPSA) is 61.9 Å². The summed E-state index contributed by atoms with van der Waals surface area (Å²) in [6, 6.07) is 9.11. The fourth-order valence-corrected chi connectivity index (χ4v) is 2.17. The van der Waals surface area contributed by atoms with Crippen LogP contribution >= 0.6 is 0 Å².